The Morgan fingerprint density at radius 2 is 2.07 bits per heavy atom. The molecule has 29 heavy (non-hydrogen) atoms. The lowest BCUT2D eigenvalue weighted by atomic mass is 10.1. The second kappa shape index (κ2) is 7.75. The van der Waals surface area contributed by atoms with Crippen LogP contribution in [0.3, 0.4) is 0 Å². The first-order valence-corrected chi connectivity index (χ1v) is 10.3. The Bertz CT molecular complexity index is 1180. The molecule has 0 atom stereocenters. The topological polar surface area (TPSA) is 62.1 Å². The number of nitrogens with zero attached hydrogens (tertiary/aromatic N) is 2. The fourth-order valence-electron chi connectivity index (χ4n) is 3.34. The minimum absolute atomic E-state index is 0.00199. The van der Waals surface area contributed by atoms with Crippen LogP contribution >= 0.6 is 11.3 Å². The van der Waals surface area contributed by atoms with E-state index in [4.69, 9.17) is 14.2 Å². The van der Waals surface area contributed by atoms with Crippen molar-refractivity contribution in [2.75, 3.05) is 13.7 Å². The van der Waals surface area contributed by atoms with E-state index in [1.807, 2.05) is 55.8 Å². The van der Waals surface area contributed by atoms with Gasteiger partial charge in [-0.05, 0) is 55.8 Å². The summed E-state index contributed by atoms with van der Waals surface area (Å²) in [5.41, 5.74) is 1.58. The molecule has 0 radical (unpaired) electrons. The molecule has 0 spiro atoms. The lowest BCUT2D eigenvalue weighted by Crippen LogP contribution is -2.09. The second-order valence-corrected chi connectivity index (χ2v) is 7.72. The highest BCUT2D eigenvalue weighted by molar-refractivity contribution is 7.13. The van der Waals surface area contributed by atoms with Crippen LogP contribution in [0.2, 0.25) is 0 Å². The van der Waals surface area contributed by atoms with E-state index in [1.54, 1.807) is 29.8 Å². The predicted octanol–water partition coefficient (Wildman–Crippen LogP) is 5.19. The Morgan fingerprint density at radius 3 is 2.72 bits per heavy atom. The Balaban J connectivity index is 2.06. The van der Waals surface area contributed by atoms with Crippen LogP contribution in [-0.4, -0.2) is 35.2 Å². The number of esters is 1. The van der Waals surface area contributed by atoms with Crippen LogP contribution < -0.4 is 9.47 Å². The molecule has 0 N–H and O–H groups in total. The van der Waals surface area contributed by atoms with Crippen LogP contribution in [0.5, 0.6) is 11.5 Å². The van der Waals surface area contributed by atoms with E-state index in [-0.39, 0.29) is 11.9 Å². The van der Waals surface area contributed by atoms with Crippen molar-refractivity contribution in [2.24, 2.45) is 0 Å². The summed E-state index contributed by atoms with van der Waals surface area (Å²) in [6.45, 7) is 6.02. The van der Waals surface area contributed by atoms with Crippen LogP contribution in [0.1, 0.15) is 31.4 Å². The molecule has 6 nitrogen and oxygen atoms in total. The number of hydrogen-bond donors (Lipinski definition) is 0. The highest BCUT2D eigenvalue weighted by Gasteiger charge is 2.22. The third kappa shape index (κ3) is 3.42. The Morgan fingerprint density at radius 1 is 1.24 bits per heavy atom. The highest BCUT2D eigenvalue weighted by atomic mass is 32.1. The van der Waals surface area contributed by atoms with Crippen molar-refractivity contribution in [2.45, 2.75) is 26.9 Å². The summed E-state index contributed by atoms with van der Waals surface area (Å²) in [6.07, 6.45) is 1.84. The summed E-state index contributed by atoms with van der Waals surface area (Å²) in [5, 5.41) is 3.89. The number of methoxy groups -OCH3 is 1. The molecule has 0 aliphatic carbocycles. The molecule has 0 aliphatic heterocycles. The largest absolute Gasteiger partial charge is 0.493 e. The van der Waals surface area contributed by atoms with Gasteiger partial charge in [0, 0.05) is 11.6 Å². The number of aromatic nitrogens is 2. The van der Waals surface area contributed by atoms with Crippen molar-refractivity contribution in [1.29, 1.82) is 0 Å². The predicted molar refractivity (Wildman–Crippen MR) is 114 cm³/mol. The number of imidazole rings is 1. The van der Waals surface area contributed by atoms with Crippen LogP contribution in [0.15, 0.2) is 41.9 Å². The fraction of sp³-hybridized carbons (Fsp3) is 0.273. The average Bonchev–Trinajstić information content (AvgIpc) is 3.35. The van der Waals surface area contributed by atoms with Crippen LogP contribution in [0, 0.1) is 0 Å². The van der Waals surface area contributed by atoms with E-state index in [0.717, 1.165) is 26.9 Å². The normalized spacial score (nSPS) is 11.3. The Kier molecular flexibility index (Phi) is 5.15. The van der Waals surface area contributed by atoms with Crippen molar-refractivity contribution < 1.29 is 19.0 Å². The number of thiophene rings is 1. The molecule has 0 aliphatic rings. The molecule has 4 aromatic rings. The van der Waals surface area contributed by atoms with Gasteiger partial charge >= 0.3 is 5.97 Å². The maximum atomic E-state index is 12.5. The van der Waals surface area contributed by atoms with Gasteiger partial charge in [0.1, 0.15) is 5.69 Å². The number of carbonyl (C=O) groups excluding carboxylic acids is 1. The molecular formula is C22H22N2O4S. The summed E-state index contributed by atoms with van der Waals surface area (Å²) in [5.74, 6) is 1.13. The number of benzene rings is 1. The second-order valence-electron chi connectivity index (χ2n) is 6.77. The average molecular weight is 410 g/mol. The van der Waals surface area contributed by atoms with Gasteiger partial charge in [0.25, 0.3) is 0 Å². The number of carbonyl (C=O) groups is 1. The molecule has 4 rings (SSSR count). The minimum atomic E-state index is -0.447. The zero-order valence-corrected chi connectivity index (χ0v) is 17.6. The lowest BCUT2D eigenvalue weighted by Gasteiger charge is -2.15. The summed E-state index contributed by atoms with van der Waals surface area (Å²) < 4.78 is 18.5. The number of hydrogen-bond acceptors (Lipinski definition) is 6. The Hall–Kier alpha value is -3.06. The zero-order valence-electron chi connectivity index (χ0n) is 16.8. The molecule has 0 unspecified atom stereocenters. The van der Waals surface area contributed by atoms with E-state index in [9.17, 15) is 4.79 Å². The van der Waals surface area contributed by atoms with E-state index in [2.05, 4.69) is 4.98 Å². The van der Waals surface area contributed by atoms with Gasteiger partial charge in [-0.1, -0.05) is 6.07 Å². The van der Waals surface area contributed by atoms with Gasteiger partial charge < -0.3 is 14.2 Å². The minimum Gasteiger partial charge on any atom is -0.493 e. The third-order valence-corrected chi connectivity index (χ3v) is 5.36. The van der Waals surface area contributed by atoms with Crippen molar-refractivity contribution >= 4 is 33.6 Å². The number of fused-ring (bicyclic) bond motifs is 3. The summed E-state index contributed by atoms with van der Waals surface area (Å²) in [7, 11) is 1.63. The smallest absolute Gasteiger partial charge is 0.374 e. The molecule has 3 heterocycles. The van der Waals surface area contributed by atoms with Gasteiger partial charge in [0.2, 0.25) is 5.82 Å². The van der Waals surface area contributed by atoms with Crippen LogP contribution in [-0.2, 0) is 4.74 Å². The van der Waals surface area contributed by atoms with Gasteiger partial charge in [0.15, 0.2) is 11.5 Å². The molecule has 0 bridgehead atoms. The van der Waals surface area contributed by atoms with Gasteiger partial charge in [-0.2, -0.15) is 0 Å². The molecule has 0 amide bonds. The van der Waals surface area contributed by atoms with Crippen LogP contribution in [0.25, 0.3) is 26.9 Å². The summed E-state index contributed by atoms with van der Waals surface area (Å²) in [4.78, 5) is 18.2. The van der Waals surface area contributed by atoms with Gasteiger partial charge in [-0.15, -0.1) is 11.3 Å². The van der Waals surface area contributed by atoms with Crippen molar-refractivity contribution in [3.8, 4) is 22.1 Å². The number of pyridine rings is 1. The summed E-state index contributed by atoms with van der Waals surface area (Å²) >= 11 is 1.58. The van der Waals surface area contributed by atoms with E-state index in [1.165, 1.54) is 0 Å². The Labute approximate surface area is 172 Å². The molecule has 3 aromatic heterocycles. The van der Waals surface area contributed by atoms with Gasteiger partial charge in [0.05, 0.1) is 30.2 Å². The molecule has 0 saturated carbocycles. The first-order valence-electron chi connectivity index (χ1n) is 9.44. The van der Waals surface area contributed by atoms with Crippen molar-refractivity contribution in [3.05, 3.63) is 47.7 Å². The highest BCUT2D eigenvalue weighted by Crippen LogP contribution is 2.39. The van der Waals surface area contributed by atoms with E-state index < -0.39 is 5.97 Å². The molecule has 7 heteroatoms. The maximum Gasteiger partial charge on any atom is 0.374 e. The monoisotopic (exact) mass is 410 g/mol. The zero-order chi connectivity index (χ0) is 20.5. The standard InChI is InChI=1S/C22H22N2O4S/c1-5-27-22(25)21-23-19(18-7-6-10-29-18)20-15-12-17(28-13(2)3)16(26-4)11-14(15)8-9-24(20)21/h6-13H,5H2,1-4H3. The number of rotatable bonds is 6. The third-order valence-electron chi connectivity index (χ3n) is 4.48. The lowest BCUT2D eigenvalue weighted by molar-refractivity contribution is 0.0511. The summed E-state index contributed by atoms with van der Waals surface area (Å²) in [6, 6.07) is 9.80. The first-order chi connectivity index (χ1) is 14.0. The molecule has 0 saturated heterocycles. The fourth-order valence-corrected chi connectivity index (χ4v) is 4.05. The molecular weight excluding hydrogens is 388 g/mol. The molecule has 0 fully saturated rings. The van der Waals surface area contributed by atoms with Crippen LogP contribution in [0.4, 0.5) is 0 Å². The maximum absolute atomic E-state index is 12.5. The quantitative estimate of drug-likeness (QED) is 0.410. The van der Waals surface area contributed by atoms with Crippen molar-refractivity contribution in [1.82, 2.24) is 9.38 Å². The molecule has 150 valence electrons. The van der Waals surface area contributed by atoms with Crippen molar-refractivity contribution in [3.63, 3.8) is 0 Å². The number of ether oxygens (including phenoxy) is 3. The van der Waals surface area contributed by atoms with Gasteiger partial charge in [-0.25, -0.2) is 9.78 Å². The first kappa shape index (κ1) is 19.3. The van der Waals surface area contributed by atoms with Gasteiger partial charge in [-0.3, -0.25) is 4.40 Å². The molecule has 1 aromatic carbocycles. The van der Waals surface area contributed by atoms with E-state index in [0.29, 0.717) is 18.1 Å². The SMILES string of the molecule is CCOC(=O)c1nc(-c2cccs2)c2c3cc(OC(C)C)c(OC)cc3ccn12. The van der Waals surface area contributed by atoms with E-state index >= 15 is 0 Å².